The lowest BCUT2D eigenvalue weighted by Crippen LogP contribution is -1.97. The molecule has 0 amide bonds. The Morgan fingerprint density at radius 3 is 2.67 bits per heavy atom. The number of hydrogen-bond acceptors (Lipinski definition) is 2. The Labute approximate surface area is 125 Å². The Hall–Kier alpha value is -2.35. The monoisotopic (exact) mass is 277 g/mol. The molecule has 0 aliphatic heterocycles. The molecule has 0 bridgehead atoms. The summed E-state index contributed by atoms with van der Waals surface area (Å²) in [6.45, 7) is 2.11. The van der Waals surface area contributed by atoms with Gasteiger partial charge in [-0.15, -0.1) is 0 Å². The van der Waals surface area contributed by atoms with E-state index in [1.165, 1.54) is 16.5 Å². The van der Waals surface area contributed by atoms with Gasteiger partial charge in [0.05, 0.1) is 12.6 Å². The SMILES string of the molecule is COc1ccccc1CCc1ccc2cc(C)ccc2n1. The largest absolute Gasteiger partial charge is 0.496 e. The van der Waals surface area contributed by atoms with E-state index in [1.807, 2.05) is 12.1 Å². The van der Waals surface area contributed by atoms with Crippen LogP contribution in [-0.2, 0) is 12.8 Å². The van der Waals surface area contributed by atoms with Gasteiger partial charge in [-0.25, -0.2) is 0 Å². The van der Waals surface area contributed by atoms with Crippen molar-refractivity contribution < 1.29 is 4.74 Å². The quantitative estimate of drug-likeness (QED) is 0.708. The van der Waals surface area contributed by atoms with Gasteiger partial charge in [0.25, 0.3) is 0 Å². The smallest absolute Gasteiger partial charge is 0.122 e. The maximum Gasteiger partial charge on any atom is 0.122 e. The third kappa shape index (κ3) is 3.05. The van der Waals surface area contributed by atoms with E-state index < -0.39 is 0 Å². The highest BCUT2D eigenvalue weighted by Crippen LogP contribution is 2.20. The third-order valence-electron chi connectivity index (χ3n) is 3.75. The summed E-state index contributed by atoms with van der Waals surface area (Å²) in [6.07, 6.45) is 1.86. The lowest BCUT2D eigenvalue weighted by Gasteiger charge is -2.08. The number of pyridine rings is 1. The fourth-order valence-electron chi connectivity index (χ4n) is 2.60. The highest BCUT2D eigenvalue weighted by molar-refractivity contribution is 5.79. The summed E-state index contributed by atoms with van der Waals surface area (Å²) in [7, 11) is 1.72. The van der Waals surface area contributed by atoms with E-state index in [-0.39, 0.29) is 0 Å². The Balaban J connectivity index is 1.80. The zero-order valence-electron chi connectivity index (χ0n) is 12.5. The third-order valence-corrected chi connectivity index (χ3v) is 3.75. The van der Waals surface area contributed by atoms with E-state index in [0.717, 1.165) is 29.8 Å². The summed E-state index contributed by atoms with van der Waals surface area (Å²) >= 11 is 0. The minimum Gasteiger partial charge on any atom is -0.496 e. The minimum absolute atomic E-state index is 0.921. The number of aromatic nitrogens is 1. The normalized spacial score (nSPS) is 10.8. The van der Waals surface area contributed by atoms with Crippen LogP contribution < -0.4 is 4.74 Å². The highest BCUT2D eigenvalue weighted by Gasteiger charge is 2.04. The molecule has 0 aliphatic carbocycles. The first kappa shape index (κ1) is 13.6. The standard InChI is InChI=1S/C19H19NO/c1-14-7-12-18-16(13-14)9-11-17(20-18)10-8-15-5-3-4-6-19(15)21-2/h3-7,9,11-13H,8,10H2,1-2H3. The number of ether oxygens (including phenoxy) is 1. The Morgan fingerprint density at radius 2 is 1.81 bits per heavy atom. The van der Waals surface area contributed by atoms with E-state index >= 15 is 0 Å². The molecule has 2 aromatic carbocycles. The van der Waals surface area contributed by atoms with Crippen molar-refractivity contribution in [3.05, 3.63) is 71.4 Å². The van der Waals surface area contributed by atoms with Crippen molar-refractivity contribution in [2.45, 2.75) is 19.8 Å². The van der Waals surface area contributed by atoms with Crippen LogP contribution in [0.5, 0.6) is 5.75 Å². The fraction of sp³-hybridized carbons (Fsp3) is 0.211. The molecule has 2 heteroatoms. The lowest BCUT2D eigenvalue weighted by molar-refractivity contribution is 0.409. The minimum atomic E-state index is 0.921. The zero-order chi connectivity index (χ0) is 14.7. The molecule has 106 valence electrons. The van der Waals surface area contributed by atoms with Crippen molar-refractivity contribution in [1.29, 1.82) is 0 Å². The van der Waals surface area contributed by atoms with Crippen LogP contribution in [0, 0.1) is 6.92 Å². The van der Waals surface area contributed by atoms with Crippen molar-refractivity contribution in [1.82, 2.24) is 4.98 Å². The molecule has 0 atom stereocenters. The lowest BCUT2D eigenvalue weighted by atomic mass is 10.1. The molecule has 21 heavy (non-hydrogen) atoms. The second-order valence-corrected chi connectivity index (χ2v) is 5.31. The number of fused-ring (bicyclic) bond motifs is 1. The molecular formula is C19H19NO. The van der Waals surface area contributed by atoms with Gasteiger partial charge < -0.3 is 4.74 Å². The van der Waals surface area contributed by atoms with Crippen molar-refractivity contribution in [2.75, 3.05) is 7.11 Å². The topological polar surface area (TPSA) is 22.1 Å². The first-order valence-electron chi connectivity index (χ1n) is 7.24. The first-order chi connectivity index (χ1) is 10.3. The van der Waals surface area contributed by atoms with Gasteiger partial charge in [-0.05, 0) is 49.6 Å². The summed E-state index contributed by atoms with van der Waals surface area (Å²) in [4.78, 5) is 4.75. The van der Waals surface area contributed by atoms with Crippen molar-refractivity contribution >= 4 is 10.9 Å². The van der Waals surface area contributed by atoms with Gasteiger partial charge in [0.2, 0.25) is 0 Å². The van der Waals surface area contributed by atoms with Crippen molar-refractivity contribution in [3.8, 4) is 5.75 Å². The zero-order valence-corrected chi connectivity index (χ0v) is 12.5. The molecular weight excluding hydrogens is 258 g/mol. The van der Waals surface area contributed by atoms with Crippen LogP contribution in [-0.4, -0.2) is 12.1 Å². The molecule has 3 aromatic rings. The van der Waals surface area contributed by atoms with Gasteiger partial charge in [0.1, 0.15) is 5.75 Å². The average molecular weight is 277 g/mol. The number of benzene rings is 2. The van der Waals surface area contributed by atoms with Crippen LogP contribution in [0.1, 0.15) is 16.8 Å². The van der Waals surface area contributed by atoms with Gasteiger partial charge in [-0.2, -0.15) is 0 Å². The first-order valence-corrected chi connectivity index (χ1v) is 7.24. The maximum atomic E-state index is 5.40. The molecule has 0 spiro atoms. The van der Waals surface area contributed by atoms with Crippen LogP contribution in [0.25, 0.3) is 10.9 Å². The van der Waals surface area contributed by atoms with Gasteiger partial charge in [-0.3, -0.25) is 4.98 Å². The molecule has 2 nitrogen and oxygen atoms in total. The average Bonchev–Trinajstić information content (AvgIpc) is 2.53. The van der Waals surface area contributed by atoms with Crippen LogP contribution >= 0.6 is 0 Å². The molecule has 0 radical (unpaired) electrons. The van der Waals surface area contributed by atoms with Crippen LogP contribution in [0.15, 0.2) is 54.6 Å². The molecule has 3 rings (SSSR count). The second-order valence-electron chi connectivity index (χ2n) is 5.31. The molecule has 1 heterocycles. The fourth-order valence-corrected chi connectivity index (χ4v) is 2.60. The van der Waals surface area contributed by atoms with E-state index in [1.54, 1.807) is 7.11 Å². The number of rotatable bonds is 4. The van der Waals surface area contributed by atoms with Crippen molar-refractivity contribution in [3.63, 3.8) is 0 Å². The predicted octanol–water partition coefficient (Wildman–Crippen LogP) is 4.34. The molecule has 0 N–H and O–H groups in total. The van der Waals surface area contributed by atoms with Crippen LogP contribution in [0.4, 0.5) is 0 Å². The molecule has 0 unspecified atom stereocenters. The second kappa shape index (κ2) is 5.96. The molecule has 1 aromatic heterocycles. The summed E-state index contributed by atoms with van der Waals surface area (Å²) in [5, 5.41) is 1.20. The van der Waals surface area contributed by atoms with E-state index in [4.69, 9.17) is 9.72 Å². The van der Waals surface area contributed by atoms with Gasteiger partial charge in [0, 0.05) is 11.1 Å². The van der Waals surface area contributed by atoms with Gasteiger partial charge in [-0.1, -0.05) is 35.9 Å². The van der Waals surface area contributed by atoms with Crippen LogP contribution in [0.2, 0.25) is 0 Å². The van der Waals surface area contributed by atoms with E-state index in [2.05, 4.69) is 49.4 Å². The predicted molar refractivity (Wildman–Crippen MR) is 86.9 cm³/mol. The van der Waals surface area contributed by atoms with Crippen molar-refractivity contribution in [2.24, 2.45) is 0 Å². The molecule has 0 fully saturated rings. The van der Waals surface area contributed by atoms with E-state index in [0.29, 0.717) is 0 Å². The molecule has 0 saturated heterocycles. The molecule has 0 aliphatic rings. The van der Waals surface area contributed by atoms with Gasteiger partial charge in [0.15, 0.2) is 0 Å². The highest BCUT2D eigenvalue weighted by atomic mass is 16.5. The number of nitrogens with zero attached hydrogens (tertiary/aromatic N) is 1. The number of hydrogen-bond donors (Lipinski definition) is 0. The molecule has 0 saturated carbocycles. The number of para-hydroxylation sites is 1. The van der Waals surface area contributed by atoms with E-state index in [9.17, 15) is 0 Å². The number of aryl methyl sites for hydroxylation is 3. The number of methoxy groups -OCH3 is 1. The summed E-state index contributed by atoms with van der Waals surface area (Å²) in [6, 6.07) is 18.8. The van der Waals surface area contributed by atoms with Crippen LogP contribution in [0.3, 0.4) is 0 Å². The van der Waals surface area contributed by atoms with Gasteiger partial charge >= 0.3 is 0 Å². The Bertz CT molecular complexity index is 764. The Morgan fingerprint density at radius 1 is 0.952 bits per heavy atom. The summed E-state index contributed by atoms with van der Waals surface area (Å²) in [5.41, 5.74) is 4.69. The summed E-state index contributed by atoms with van der Waals surface area (Å²) < 4.78 is 5.40. The Kier molecular flexibility index (Phi) is 3.87. The maximum absolute atomic E-state index is 5.40. The summed E-state index contributed by atoms with van der Waals surface area (Å²) in [5.74, 6) is 0.953.